The van der Waals surface area contributed by atoms with Crippen LogP contribution in [0.5, 0.6) is 0 Å². The Morgan fingerprint density at radius 3 is 2.83 bits per heavy atom. The van der Waals surface area contributed by atoms with Crippen molar-refractivity contribution in [2.24, 2.45) is 0 Å². The Balaban J connectivity index is 2.37. The highest BCUT2D eigenvalue weighted by Gasteiger charge is 2.03. The van der Waals surface area contributed by atoms with Crippen LogP contribution in [0.4, 0.5) is 0 Å². The van der Waals surface area contributed by atoms with E-state index in [0.29, 0.717) is 6.29 Å². The first-order valence-electron chi connectivity index (χ1n) is 1.57. The van der Waals surface area contributed by atoms with Crippen LogP contribution in [0.15, 0.2) is 0 Å². The lowest BCUT2D eigenvalue weighted by Gasteiger charge is -1.79. The highest BCUT2D eigenvalue weighted by Crippen LogP contribution is 2.19. The Labute approximate surface area is 35.7 Å². The minimum absolute atomic E-state index is 0.449. The minimum Gasteiger partial charge on any atom is -0.293 e. The van der Waals surface area contributed by atoms with E-state index in [1.165, 1.54) is 0 Å². The van der Waals surface area contributed by atoms with Crippen LogP contribution >= 0.6 is 8.03 Å². The fourth-order valence-electron chi connectivity index (χ4n) is 0.237. The summed E-state index contributed by atoms with van der Waals surface area (Å²) < 4.78 is 14.4. The molecule has 0 aromatic carbocycles. The van der Waals surface area contributed by atoms with Gasteiger partial charge in [-0.15, -0.1) is 5.59 Å². The summed E-state index contributed by atoms with van der Waals surface area (Å²) >= 11 is 0. The van der Waals surface area contributed by atoms with Crippen molar-refractivity contribution in [2.75, 3.05) is 6.29 Å². The molecule has 5 heteroatoms. The Bertz CT molecular complexity index is 65.9. The van der Waals surface area contributed by atoms with Gasteiger partial charge in [0.05, 0.1) is 6.29 Å². The molecule has 0 bridgehead atoms. The third-order valence-corrected chi connectivity index (χ3v) is 1.26. The SMILES string of the molecule is O=[PH]1CNNO1. The molecule has 0 aliphatic carbocycles. The van der Waals surface area contributed by atoms with Crippen LogP contribution in [0.3, 0.4) is 0 Å². The molecule has 2 N–H and O–H groups in total. The molecule has 36 valence electrons. The monoisotopic (exact) mass is 108 g/mol. The van der Waals surface area contributed by atoms with Gasteiger partial charge in [-0.3, -0.25) is 4.57 Å². The van der Waals surface area contributed by atoms with Crippen LogP contribution in [0.1, 0.15) is 0 Å². The van der Waals surface area contributed by atoms with Crippen molar-refractivity contribution in [3.05, 3.63) is 0 Å². The van der Waals surface area contributed by atoms with Crippen molar-refractivity contribution in [2.45, 2.75) is 0 Å². The average molecular weight is 108 g/mol. The Morgan fingerprint density at radius 1 is 1.83 bits per heavy atom. The number of hydrogen-bond acceptors (Lipinski definition) is 4. The van der Waals surface area contributed by atoms with E-state index in [2.05, 4.69) is 15.6 Å². The molecule has 0 aromatic heterocycles. The van der Waals surface area contributed by atoms with Gasteiger partial charge in [-0.1, -0.05) is 0 Å². The van der Waals surface area contributed by atoms with Gasteiger partial charge in [0.25, 0.3) is 0 Å². The van der Waals surface area contributed by atoms with Crippen LogP contribution in [0.2, 0.25) is 0 Å². The zero-order chi connectivity index (χ0) is 4.41. The number of hydrazine groups is 1. The van der Waals surface area contributed by atoms with Gasteiger partial charge in [0, 0.05) is 0 Å². The van der Waals surface area contributed by atoms with Crippen molar-refractivity contribution in [1.82, 2.24) is 11.0 Å². The summed E-state index contributed by atoms with van der Waals surface area (Å²) in [5.41, 5.74) is 4.79. The van der Waals surface area contributed by atoms with E-state index in [0.717, 1.165) is 0 Å². The van der Waals surface area contributed by atoms with Gasteiger partial charge < -0.3 is 0 Å². The van der Waals surface area contributed by atoms with Gasteiger partial charge in [-0.2, -0.15) is 0 Å². The van der Waals surface area contributed by atoms with Crippen molar-refractivity contribution in [3.63, 3.8) is 0 Å². The van der Waals surface area contributed by atoms with E-state index in [-0.39, 0.29) is 0 Å². The molecule has 0 radical (unpaired) electrons. The molecule has 1 rings (SSSR count). The van der Waals surface area contributed by atoms with Gasteiger partial charge in [-0.05, 0) is 0 Å². The molecule has 1 unspecified atom stereocenters. The molecule has 1 atom stereocenters. The van der Waals surface area contributed by atoms with Crippen molar-refractivity contribution < 1.29 is 9.19 Å². The second kappa shape index (κ2) is 1.71. The summed E-state index contributed by atoms with van der Waals surface area (Å²) in [6, 6.07) is 0. The van der Waals surface area contributed by atoms with Crippen molar-refractivity contribution in [3.8, 4) is 0 Å². The molecule has 1 heterocycles. The number of hydrogen-bond donors (Lipinski definition) is 2. The summed E-state index contributed by atoms with van der Waals surface area (Å²) in [5.74, 6) is 0. The predicted molar refractivity (Wildman–Crippen MR) is 21.2 cm³/mol. The molecule has 0 aromatic rings. The van der Waals surface area contributed by atoms with Crippen molar-refractivity contribution in [1.29, 1.82) is 0 Å². The minimum atomic E-state index is -1.73. The fourth-order valence-corrected chi connectivity index (χ4v) is 0.712. The Hall–Kier alpha value is 0.110. The van der Waals surface area contributed by atoms with E-state index >= 15 is 0 Å². The Kier molecular flexibility index (Phi) is 1.22. The molecule has 6 heavy (non-hydrogen) atoms. The van der Waals surface area contributed by atoms with E-state index in [1.54, 1.807) is 0 Å². The second-order valence-electron chi connectivity index (χ2n) is 0.930. The van der Waals surface area contributed by atoms with Gasteiger partial charge in [0.15, 0.2) is 0 Å². The maximum absolute atomic E-state index is 10.1. The molecule has 1 fully saturated rings. The summed E-state index contributed by atoms with van der Waals surface area (Å²) in [6.45, 7) is 0. The van der Waals surface area contributed by atoms with Gasteiger partial charge >= 0.3 is 0 Å². The topological polar surface area (TPSA) is 50.4 Å². The summed E-state index contributed by atoms with van der Waals surface area (Å²) in [4.78, 5) is 0. The molecule has 1 saturated heterocycles. The molecule has 1 aliphatic heterocycles. The first-order chi connectivity index (χ1) is 2.89. The van der Waals surface area contributed by atoms with Crippen LogP contribution in [0.25, 0.3) is 0 Å². The first-order valence-corrected chi connectivity index (χ1v) is 3.09. The van der Waals surface area contributed by atoms with E-state index in [1.807, 2.05) is 0 Å². The van der Waals surface area contributed by atoms with Crippen molar-refractivity contribution >= 4 is 8.03 Å². The third-order valence-electron chi connectivity index (χ3n) is 0.470. The third kappa shape index (κ3) is 0.786. The zero-order valence-electron chi connectivity index (χ0n) is 3.02. The largest absolute Gasteiger partial charge is 0.293 e. The maximum atomic E-state index is 10.1. The van der Waals surface area contributed by atoms with Crippen LogP contribution in [-0.2, 0) is 9.19 Å². The van der Waals surface area contributed by atoms with Gasteiger partial charge in [-0.25, -0.2) is 10.1 Å². The average Bonchev–Trinajstić information content (AvgIpc) is 1.86. The van der Waals surface area contributed by atoms with E-state index < -0.39 is 8.03 Å². The van der Waals surface area contributed by atoms with E-state index in [9.17, 15) is 4.57 Å². The second-order valence-corrected chi connectivity index (χ2v) is 2.23. The standard InChI is InChI=1S/CH5N2O2P/c4-6-1-2-3-5-6/h2-3,6H,1H2. The van der Waals surface area contributed by atoms with Crippen LogP contribution in [-0.4, -0.2) is 6.29 Å². The lowest BCUT2D eigenvalue weighted by Crippen LogP contribution is -2.20. The van der Waals surface area contributed by atoms with Gasteiger partial charge in [0.1, 0.15) is 0 Å². The molecule has 4 nitrogen and oxygen atoms in total. The van der Waals surface area contributed by atoms with Gasteiger partial charge in [0.2, 0.25) is 8.03 Å². The molecular weight excluding hydrogens is 103 g/mol. The molecule has 0 saturated carbocycles. The first kappa shape index (κ1) is 4.27. The number of nitrogens with one attached hydrogen (secondary N) is 2. The highest BCUT2D eigenvalue weighted by atomic mass is 31.1. The normalized spacial score (nSPS) is 34.3. The quantitative estimate of drug-likeness (QED) is 0.409. The van der Waals surface area contributed by atoms with Crippen LogP contribution < -0.4 is 11.0 Å². The van der Waals surface area contributed by atoms with E-state index in [4.69, 9.17) is 0 Å². The Morgan fingerprint density at radius 2 is 2.67 bits per heavy atom. The lowest BCUT2D eigenvalue weighted by molar-refractivity contribution is 0.206. The highest BCUT2D eigenvalue weighted by molar-refractivity contribution is 7.39. The molecule has 0 amide bonds. The number of rotatable bonds is 0. The molecule has 1 aliphatic rings. The van der Waals surface area contributed by atoms with Crippen LogP contribution in [0, 0.1) is 0 Å². The summed E-state index contributed by atoms with van der Waals surface area (Å²) in [6.07, 6.45) is 0.449. The molecule has 0 spiro atoms. The fraction of sp³-hybridized carbons (Fsp3) is 1.00. The maximum Gasteiger partial charge on any atom is 0.226 e. The lowest BCUT2D eigenvalue weighted by atomic mass is 11.5. The molecular formula is CH5N2O2P. The summed E-state index contributed by atoms with van der Waals surface area (Å²) in [5, 5.41) is 0. The predicted octanol–water partition coefficient (Wildman–Crippen LogP) is -0.542. The smallest absolute Gasteiger partial charge is 0.226 e. The zero-order valence-corrected chi connectivity index (χ0v) is 4.02. The summed E-state index contributed by atoms with van der Waals surface area (Å²) in [7, 11) is -1.73.